The van der Waals surface area contributed by atoms with Gasteiger partial charge < -0.3 is 5.32 Å². The first kappa shape index (κ1) is 22.2. The lowest BCUT2D eigenvalue weighted by atomic mass is 9.98. The fourth-order valence-corrected chi connectivity index (χ4v) is 6.48. The van der Waals surface area contributed by atoms with Crippen LogP contribution in [0.3, 0.4) is 0 Å². The molecule has 29 heavy (non-hydrogen) atoms. The summed E-state index contributed by atoms with van der Waals surface area (Å²) in [5.41, 5.74) is 3.03. The van der Waals surface area contributed by atoms with Crippen LogP contribution in [-0.4, -0.2) is 56.3 Å². The molecule has 1 aromatic carbocycles. The number of carbonyl (C=O) groups excluding carboxylic acids is 1. The molecule has 0 radical (unpaired) electrons. The number of nitrogens with zero attached hydrogens (tertiary/aromatic N) is 2. The Balaban J connectivity index is 1.58. The second-order valence-corrected chi connectivity index (χ2v) is 11.4. The van der Waals surface area contributed by atoms with Crippen LogP contribution in [0.15, 0.2) is 34.5 Å². The maximum Gasteiger partial charge on any atom is 0.252 e. The Labute approximate surface area is 181 Å². The van der Waals surface area contributed by atoms with Gasteiger partial charge in [0.15, 0.2) is 0 Å². The molecule has 1 aromatic heterocycles. The van der Waals surface area contributed by atoms with E-state index < -0.39 is 10.0 Å². The smallest absolute Gasteiger partial charge is 0.252 e. The van der Waals surface area contributed by atoms with Gasteiger partial charge in [-0.1, -0.05) is 43.6 Å². The molecule has 0 spiro atoms. The van der Waals surface area contributed by atoms with Crippen molar-refractivity contribution in [1.82, 2.24) is 9.21 Å². The Bertz CT molecular complexity index is 981. The molecule has 1 aliphatic heterocycles. The first-order valence-corrected chi connectivity index (χ1v) is 12.2. The van der Waals surface area contributed by atoms with Gasteiger partial charge in [-0.25, -0.2) is 8.42 Å². The molecule has 1 saturated heterocycles. The minimum Gasteiger partial charge on any atom is -0.324 e. The zero-order valence-electron chi connectivity index (χ0n) is 16.8. The summed E-state index contributed by atoms with van der Waals surface area (Å²) < 4.78 is 27.6. The Morgan fingerprint density at radius 3 is 2.45 bits per heavy atom. The second-order valence-electron chi connectivity index (χ2n) is 7.48. The van der Waals surface area contributed by atoms with Crippen LogP contribution in [-0.2, 0) is 14.8 Å². The molecular weight excluding hydrogens is 430 g/mol. The average molecular weight is 456 g/mol. The molecule has 2 aromatic rings. The number of aryl methyl sites for hydroxylation is 1. The number of nitrogens with one attached hydrogen (secondary N) is 1. The van der Waals surface area contributed by atoms with Gasteiger partial charge in [-0.15, -0.1) is 11.3 Å². The van der Waals surface area contributed by atoms with Crippen molar-refractivity contribution in [3.8, 4) is 0 Å². The minimum absolute atomic E-state index is 0.0810. The molecule has 0 unspecified atom stereocenters. The summed E-state index contributed by atoms with van der Waals surface area (Å²) in [6.07, 6.45) is 0. The number of benzene rings is 1. The Morgan fingerprint density at radius 1 is 1.17 bits per heavy atom. The lowest BCUT2D eigenvalue weighted by Gasteiger charge is -2.33. The fourth-order valence-electron chi connectivity index (χ4n) is 3.42. The number of para-hydroxylation sites is 1. The van der Waals surface area contributed by atoms with E-state index in [1.54, 1.807) is 6.07 Å². The molecule has 6 nitrogen and oxygen atoms in total. The summed E-state index contributed by atoms with van der Waals surface area (Å²) in [6, 6.07) is 9.16. The number of hydrogen-bond acceptors (Lipinski definition) is 5. The maximum atomic E-state index is 12.7. The van der Waals surface area contributed by atoms with E-state index >= 15 is 0 Å². The molecule has 1 amide bonds. The summed E-state index contributed by atoms with van der Waals surface area (Å²) in [4.78, 5) is 14.6. The first-order chi connectivity index (χ1) is 13.7. The van der Waals surface area contributed by atoms with E-state index in [-0.39, 0.29) is 16.7 Å². The van der Waals surface area contributed by atoms with Crippen LogP contribution in [0.25, 0.3) is 0 Å². The average Bonchev–Trinajstić information content (AvgIpc) is 3.11. The van der Waals surface area contributed by atoms with Crippen molar-refractivity contribution in [2.75, 3.05) is 38.0 Å². The molecule has 1 N–H and O–H groups in total. The highest BCUT2D eigenvalue weighted by atomic mass is 35.5. The molecule has 0 saturated carbocycles. The van der Waals surface area contributed by atoms with Crippen LogP contribution in [0.2, 0.25) is 4.34 Å². The standard InChI is InChI=1S/C20H26ClN3O3S2/c1-14(2)16-6-4-5-15(3)20(16)22-18(25)13-23-9-11-24(12-10-23)29(26,27)19-8-7-17(21)28-19/h4-8,14H,9-13H2,1-3H3,(H,22,25). The van der Waals surface area contributed by atoms with Crippen LogP contribution in [0, 0.1) is 6.92 Å². The number of halogens is 1. The quantitative estimate of drug-likeness (QED) is 0.719. The van der Waals surface area contributed by atoms with Crippen molar-refractivity contribution in [3.05, 3.63) is 45.8 Å². The summed E-state index contributed by atoms with van der Waals surface area (Å²) in [7, 11) is -3.52. The zero-order valence-corrected chi connectivity index (χ0v) is 19.2. The third-order valence-corrected chi connectivity index (χ3v) is 8.63. The Morgan fingerprint density at radius 2 is 1.86 bits per heavy atom. The van der Waals surface area contributed by atoms with E-state index in [9.17, 15) is 13.2 Å². The number of rotatable bonds is 6. The number of amides is 1. The van der Waals surface area contributed by atoms with Crippen molar-refractivity contribution in [2.24, 2.45) is 0 Å². The van der Waals surface area contributed by atoms with E-state index in [2.05, 4.69) is 19.2 Å². The molecule has 0 bridgehead atoms. The van der Waals surface area contributed by atoms with Gasteiger partial charge >= 0.3 is 0 Å². The second kappa shape index (κ2) is 9.14. The van der Waals surface area contributed by atoms with Crippen molar-refractivity contribution in [3.63, 3.8) is 0 Å². The summed E-state index contributed by atoms with van der Waals surface area (Å²) in [6.45, 7) is 8.16. The summed E-state index contributed by atoms with van der Waals surface area (Å²) in [5, 5.41) is 3.05. The number of thiophene rings is 1. The molecule has 158 valence electrons. The Hall–Kier alpha value is -1.45. The summed E-state index contributed by atoms with van der Waals surface area (Å²) >= 11 is 6.94. The molecule has 0 atom stereocenters. The molecule has 3 rings (SSSR count). The van der Waals surface area contributed by atoms with E-state index in [1.807, 2.05) is 30.0 Å². The minimum atomic E-state index is -3.52. The van der Waals surface area contributed by atoms with E-state index in [0.29, 0.717) is 36.4 Å². The van der Waals surface area contributed by atoms with Gasteiger partial charge in [0.1, 0.15) is 4.21 Å². The highest BCUT2D eigenvalue weighted by Crippen LogP contribution is 2.29. The van der Waals surface area contributed by atoms with E-state index in [1.165, 1.54) is 10.4 Å². The van der Waals surface area contributed by atoms with E-state index in [0.717, 1.165) is 28.2 Å². The molecular formula is C20H26ClN3O3S2. The van der Waals surface area contributed by atoms with Crippen molar-refractivity contribution in [1.29, 1.82) is 0 Å². The maximum absolute atomic E-state index is 12.7. The van der Waals surface area contributed by atoms with Gasteiger partial charge in [-0.3, -0.25) is 9.69 Å². The monoisotopic (exact) mass is 455 g/mol. The summed E-state index contributed by atoms with van der Waals surface area (Å²) in [5.74, 6) is 0.229. The topological polar surface area (TPSA) is 69.7 Å². The normalized spacial score (nSPS) is 16.3. The van der Waals surface area contributed by atoms with Gasteiger partial charge in [-0.2, -0.15) is 4.31 Å². The number of anilines is 1. The van der Waals surface area contributed by atoms with Crippen LogP contribution < -0.4 is 5.32 Å². The largest absolute Gasteiger partial charge is 0.324 e. The van der Waals surface area contributed by atoms with Crippen molar-refractivity contribution in [2.45, 2.75) is 30.9 Å². The molecule has 1 fully saturated rings. The van der Waals surface area contributed by atoms with Crippen LogP contribution in [0.5, 0.6) is 0 Å². The number of sulfonamides is 1. The van der Waals surface area contributed by atoms with Crippen LogP contribution in [0.4, 0.5) is 5.69 Å². The number of carbonyl (C=O) groups is 1. The lowest BCUT2D eigenvalue weighted by Crippen LogP contribution is -2.50. The highest BCUT2D eigenvalue weighted by molar-refractivity contribution is 7.91. The predicted molar refractivity (Wildman–Crippen MR) is 118 cm³/mol. The van der Waals surface area contributed by atoms with Crippen molar-refractivity contribution < 1.29 is 13.2 Å². The first-order valence-electron chi connectivity index (χ1n) is 9.55. The highest BCUT2D eigenvalue weighted by Gasteiger charge is 2.30. The van der Waals surface area contributed by atoms with Crippen LogP contribution in [0.1, 0.15) is 30.9 Å². The molecule has 2 heterocycles. The predicted octanol–water partition coefficient (Wildman–Crippen LogP) is 3.78. The number of piperazine rings is 1. The number of hydrogen-bond donors (Lipinski definition) is 1. The third-order valence-electron chi connectivity index (χ3n) is 5.03. The molecule has 9 heteroatoms. The van der Waals surface area contributed by atoms with Gasteiger partial charge in [0, 0.05) is 31.9 Å². The van der Waals surface area contributed by atoms with Crippen molar-refractivity contribution >= 4 is 44.6 Å². The van der Waals surface area contributed by atoms with Gasteiger partial charge in [0.2, 0.25) is 5.91 Å². The lowest BCUT2D eigenvalue weighted by molar-refractivity contribution is -0.117. The van der Waals surface area contributed by atoms with Crippen LogP contribution >= 0.6 is 22.9 Å². The fraction of sp³-hybridized carbons (Fsp3) is 0.450. The SMILES string of the molecule is Cc1cccc(C(C)C)c1NC(=O)CN1CCN(S(=O)(=O)c2ccc(Cl)s2)CC1. The molecule has 1 aliphatic rings. The van der Waals surface area contributed by atoms with Gasteiger partial charge in [-0.05, 0) is 36.1 Å². The van der Waals surface area contributed by atoms with E-state index in [4.69, 9.17) is 11.6 Å². The Kier molecular flexibility index (Phi) is 7.01. The third kappa shape index (κ3) is 5.19. The van der Waals surface area contributed by atoms with Gasteiger partial charge in [0.25, 0.3) is 10.0 Å². The molecule has 0 aliphatic carbocycles. The zero-order chi connectivity index (χ0) is 21.2. The van der Waals surface area contributed by atoms with Gasteiger partial charge in [0.05, 0.1) is 10.9 Å².